The molecule has 0 N–H and O–H groups in total. The fraction of sp³-hybridized carbons (Fsp3) is 0. The fourth-order valence-electron chi connectivity index (χ4n) is 5.66. The Bertz CT molecular complexity index is 2170. The van der Waals surface area contributed by atoms with E-state index in [9.17, 15) is 0 Å². The second kappa shape index (κ2) is 8.32. The molecule has 0 saturated heterocycles. The monoisotopic (exact) mass is 523 g/mol. The van der Waals surface area contributed by atoms with Crippen molar-refractivity contribution in [1.29, 1.82) is 0 Å². The number of halogens is 1. The normalized spacial score (nSPS) is 11.8. The molecule has 0 spiro atoms. The van der Waals surface area contributed by atoms with Gasteiger partial charge in [0.2, 0.25) is 5.28 Å². The number of nitrogens with zero attached hydrogens (tertiary/aromatic N) is 3. The van der Waals surface area contributed by atoms with E-state index in [0.29, 0.717) is 11.6 Å². The van der Waals surface area contributed by atoms with Crippen molar-refractivity contribution in [3.63, 3.8) is 0 Å². The van der Waals surface area contributed by atoms with Crippen LogP contribution in [0.2, 0.25) is 5.28 Å². The van der Waals surface area contributed by atoms with Crippen LogP contribution in [-0.2, 0) is 0 Å². The van der Waals surface area contributed by atoms with Crippen LogP contribution in [0.15, 0.2) is 109 Å². The first-order chi connectivity index (χ1) is 18.8. The van der Waals surface area contributed by atoms with Crippen molar-refractivity contribution in [2.75, 3.05) is 0 Å². The van der Waals surface area contributed by atoms with E-state index in [1.165, 1.54) is 42.4 Å². The number of hydrogen-bond acceptors (Lipinski definition) is 4. The second-order valence-corrected chi connectivity index (χ2v) is 10.7. The summed E-state index contributed by atoms with van der Waals surface area (Å²) < 4.78 is 2.39. The van der Waals surface area contributed by atoms with E-state index in [0.717, 1.165) is 21.2 Å². The number of fused-ring (bicyclic) bond motifs is 9. The minimum Gasteiger partial charge on any atom is -0.208 e. The van der Waals surface area contributed by atoms with Crippen molar-refractivity contribution >= 4 is 75.4 Å². The van der Waals surface area contributed by atoms with Gasteiger partial charge < -0.3 is 0 Å². The smallest absolute Gasteiger partial charge is 0.208 e. The maximum atomic E-state index is 6.59. The molecule has 0 radical (unpaired) electrons. The molecule has 0 aliphatic rings. The molecular formula is C33H18ClN3S. The van der Waals surface area contributed by atoms with E-state index in [1.54, 1.807) is 11.3 Å². The van der Waals surface area contributed by atoms with Gasteiger partial charge in [0.1, 0.15) is 0 Å². The van der Waals surface area contributed by atoms with Crippen LogP contribution in [0.4, 0.5) is 0 Å². The molecule has 5 heteroatoms. The molecule has 0 fully saturated rings. The number of hydrogen-bond donors (Lipinski definition) is 0. The molecule has 0 unspecified atom stereocenters. The maximum absolute atomic E-state index is 6.59. The minimum atomic E-state index is 0.185. The summed E-state index contributed by atoms with van der Waals surface area (Å²) in [6.07, 6.45) is 0. The first kappa shape index (κ1) is 21.7. The zero-order valence-corrected chi connectivity index (χ0v) is 21.6. The van der Waals surface area contributed by atoms with E-state index in [-0.39, 0.29) is 5.28 Å². The van der Waals surface area contributed by atoms with Crippen LogP contribution >= 0.6 is 22.9 Å². The zero-order valence-electron chi connectivity index (χ0n) is 20.0. The molecule has 8 aromatic rings. The predicted octanol–water partition coefficient (Wildman–Crippen LogP) is 9.69. The number of aromatic nitrogens is 3. The van der Waals surface area contributed by atoms with Gasteiger partial charge in [-0.1, -0.05) is 97.1 Å². The first-order valence-electron chi connectivity index (χ1n) is 12.4. The molecule has 0 amide bonds. The highest BCUT2D eigenvalue weighted by molar-refractivity contribution is 7.26. The van der Waals surface area contributed by atoms with Crippen molar-refractivity contribution in [3.05, 3.63) is 114 Å². The van der Waals surface area contributed by atoms with Crippen molar-refractivity contribution in [1.82, 2.24) is 15.0 Å². The van der Waals surface area contributed by atoms with Gasteiger partial charge in [-0.3, -0.25) is 0 Å². The Morgan fingerprint density at radius 3 is 1.66 bits per heavy atom. The Morgan fingerprint density at radius 1 is 0.447 bits per heavy atom. The summed E-state index contributed by atoms with van der Waals surface area (Å²) in [7, 11) is 0. The molecule has 2 aromatic heterocycles. The zero-order chi connectivity index (χ0) is 25.2. The SMILES string of the molecule is Clc1nc(-c2cccc3c2sc2ccccc23)nc(-c2cccc3c4ccccc4c4ccccc4c23)n1. The minimum absolute atomic E-state index is 0.185. The lowest BCUT2D eigenvalue weighted by Crippen LogP contribution is -1.98. The lowest BCUT2D eigenvalue weighted by Gasteiger charge is -2.14. The van der Waals surface area contributed by atoms with Gasteiger partial charge >= 0.3 is 0 Å². The molecule has 3 nitrogen and oxygen atoms in total. The summed E-state index contributed by atoms with van der Waals surface area (Å²) in [5.41, 5.74) is 1.91. The third-order valence-electron chi connectivity index (χ3n) is 7.26. The third kappa shape index (κ3) is 3.18. The van der Waals surface area contributed by atoms with Crippen molar-refractivity contribution in [2.45, 2.75) is 0 Å². The average Bonchev–Trinajstić information content (AvgIpc) is 3.36. The Kier molecular flexibility index (Phi) is 4.75. The first-order valence-corrected chi connectivity index (χ1v) is 13.6. The maximum Gasteiger partial charge on any atom is 0.226 e. The second-order valence-electron chi connectivity index (χ2n) is 9.35. The lowest BCUT2D eigenvalue weighted by atomic mass is 9.91. The highest BCUT2D eigenvalue weighted by Gasteiger charge is 2.18. The van der Waals surface area contributed by atoms with Crippen molar-refractivity contribution in [2.24, 2.45) is 0 Å². The summed E-state index contributed by atoms with van der Waals surface area (Å²) in [5, 5.41) is 9.73. The van der Waals surface area contributed by atoms with Crippen LogP contribution in [0.1, 0.15) is 0 Å². The highest BCUT2D eigenvalue weighted by atomic mass is 35.5. The van der Waals surface area contributed by atoms with Crippen molar-refractivity contribution in [3.8, 4) is 22.8 Å². The number of thiophene rings is 1. The predicted molar refractivity (Wildman–Crippen MR) is 161 cm³/mol. The van der Waals surface area contributed by atoms with Crippen LogP contribution in [0, 0.1) is 0 Å². The van der Waals surface area contributed by atoms with Gasteiger partial charge in [-0.25, -0.2) is 4.98 Å². The van der Waals surface area contributed by atoms with Crippen LogP contribution < -0.4 is 0 Å². The molecule has 0 saturated carbocycles. The third-order valence-corrected chi connectivity index (χ3v) is 8.65. The summed E-state index contributed by atoms with van der Waals surface area (Å²) in [5.74, 6) is 1.16. The lowest BCUT2D eigenvalue weighted by molar-refractivity contribution is 1.07. The van der Waals surface area contributed by atoms with E-state index in [2.05, 4.69) is 119 Å². The van der Waals surface area contributed by atoms with E-state index < -0.39 is 0 Å². The molecule has 6 aromatic carbocycles. The molecule has 0 bridgehead atoms. The van der Waals surface area contributed by atoms with Gasteiger partial charge in [-0.2, -0.15) is 9.97 Å². The summed E-state index contributed by atoms with van der Waals surface area (Å²) in [6, 6.07) is 38.2. The standard InChI is InChI=1S/C33H18ClN3S/c34-33-36-31(35-32(37-33)27-17-8-15-25-22-12-5-6-18-28(22)38-30(25)27)26-16-7-14-24-21-10-2-1-9-19(21)20-11-3-4-13-23(20)29(24)26/h1-18H. The quantitative estimate of drug-likeness (QED) is 0.212. The Labute approximate surface area is 227 Å². The molecule has 0 aliphatic heterocycles. The topological polar surface area (TPSA) is 38.7 Å². The van der Waals surface area contributed by atoms with E-state index >= 15 is 0 Å². The fourth-order valence-corrected chi connectivity index (χ4v) is 7.03. The molecule has 0 atom stereocenters. The Morgan fingerprint density at radius 2 is 0.947 bits per heavy atom. The molecule has 2 heterocycles. The molecule has 38 heavy (non-hydrogen) atoms. The van der Waals surface area contributed by atoms with Gasteiger partial charge in [0, 0.05) is 36.7 Å². The summed E-state index contributed by atoms with van der Waals surface area (Å²) in [4.78, 5) is 14.3. The summed E-state index contributed by atoms with van der Waals surface area (Å²) >= 11 is 8.34. The molecule has 0 aliphatic carbocycles. The van der Waals surface area contributed by atoms with Crippen LogP contribution in [0.25, 0.3) is 75.3 Å². The van der Waals surface area contributed by atoms with Gasteiger partial charge in [0.25, 0.3) is 0 Å². The summed E-state index contributed by atoms with van der Waals surface area (Å²) in [6.45, 7) is 0. The molecule has 8 rings (SSSR count). The Hall–Kier alpha value is -4.38. The van der Waals surface area contributed by atoms with E-state index in [4.69, 9.17) is 16.6 Å². The molecular weight excluding hydrogens is 506 g/mol. The highest BCUT2D eigenvalue weighted by Crippen LogP contribution is 2.41. The average molecular weight is 524 g/mol. The molecule has 178 valence electrons. The van der Waals surface area contributed by atoms with Gasteiger partial charge in [0.15, 0.2) is 11.6 Å². The van der Waals surface area contributed by atoms with Crippen LogP contribution in [0.5, 0.6) is 0 Å². The van der Waals surface area contributed by atoms with Gasteiger partial charge in [-0.05, 0) is 50.7 Å². The van der Waals surface area contributed by atoms with Crippen LogP contribution in [0.3, 0.4) is 0 Å². The van der Waals surface area contributed by atoms with Gasteiger partial charge in [-0.15, -0.1) is 11.3 Å². The van der Waals surface area contributed by atoms with Crippen molar-refractivity contribution < 1.29 is 0 Å². The largest absolute Gasteiger partial charge is 0.226 e. The van der Waals surface area contributed by atoms with Gasteiger partial charge in [0.05, 0.1) is 0 Å². The Balaban J connectivity index is 1.44. The number of benzene rings is 6. The van der Waals surface area contributed by atoms with Crippen LogP contribution in [-0.4, -0.2) is 15.0 Å². The van der Waals surface area contributed by atoms with E-state index in [1.807, 2.05) is 0 Å². The number of rotatable bonds is 2.